The van der Waals surface area contributed by atoms with E-state index in [9.17, 15) is 4.79 Å². The molecule has 4 aromatic rings. The van der Waals surface area contributed by atoms with Gasteiger partial charge >= 0.3 is 0 Å². The number of fused-ring (bicyclic) bond motifs is 1. The van der Waals surface area contributed by atoms with E-state index in [4.69, 9.17) is 4.74 Å². The summed E-state index contributed by atoms with van der Waals surface area (Å²) < 4.78 is 7.20. The standard InChI is InChI=1S/C21H18N4O2/c1-2-27-17-11-9-16(10-12-17)20(26)24-19-18(15-7-4-3-5-8-15)23-21-22-13-6-14-25(19)21/h3-14H,2H2,1H3,(H,24,26). The maximum atomic E-state index is 12.8. The lowest BCUT2D eigenvalue weighted by Gasteiger charge is -2.08. The lowest BCUT2D eigenvalue weighted by atomic mass is 10.1. The Labute approximate surface area is 156 Å². The topological polar surface area (TPSA) is 68.5 Å². The molecule has 0 saturated carbocycles. The molecule has 6 nitrogen and oxygen atoms in total. The van der Waals surface area contributed by atoms with Crippen LogP contribution in [0.3, 0.4) is 0 Å². The fourth-order valence-electron chi connectivity index (χ4n) is 2.85. The number of nitrogens with one attached hydrogen (secondary N) is 1. The van der Waals surface area contributed by atoms with Gasteiger partial charge < -0.3 is 10.1 Å². The van der Waals surface area contributed by atoms with Gasteiger partial charge in [0, 0.05) is 23.5 Å². The fraction of sp³-hybridized carbons (Fsp3) is 0.0952. The summed E-state index contributed by atoms with van der Waals surface area (Å²) in [5, 5.41) is 2.98. The molecule has 0 saturated heterocycles. The molecule has 0 aliphatic carbocycles. The summed E-state index contributed by atoms with van der Waals surface area (Å²) in [6.07, 6.45) is 3.50. The molecule has 27 heavy (non-hydrogen) atoms. The predicted octanol–water partition coefficient (Wildman–Crippen LogP) is 4.05. The summed E-state index contributed by atoms with van der Waals surface area (Å²) in [5.41, 5.74) is 2.12. The number of hydrogen-bond donors (Lipinski definition) is 1. The molecule has 0 aliphatic heterocycles. The van der Waals surface area contributed by atoms with Crippen molar-refractivity contribution in [1.29, 1.82) is 0 Å². The van der Waals surface area contributed by atoms with Crippen molar-refractivity contribution in [2.45, 2.75) is 6.92 Å². The molecule has 1 amide bonds. The first-order valence-electron chi connectivity index (χ1n) is 8.69. The van der Waals surface area contributed by atoms with Crippen LogP contribution >= 0.6 is 0 Å². The Morgan fingerprint density at radius 1 is 1.07 bits per heavy atom. The van der Waals surface area contributed by atoms with E-state index >= 15 is 0 Å². The lowest BCUT2D eigenvalue weighted by Crippen LogP contribution is -2.14. The van der Waals surface area contributed by atoms with Crippen LogP contribution in [0.25, 0.3) is 17.0 Å². The first-order valence-corrected chi connectivity index (χ1v) is 8.69. The van der Waals surface area contributed by atoms with Gasteiger partial charge in [0.05, 0.1) is 6.61 Å². The number of anilines is 1. The third-order valence-electron chi connectivity index (χ3n) is 4.11. The predicted molar refractivity (Wildman–Crippen MR) is 104 cm³/mol. The Morgan fingerprint density at radius 3 is 2.59 bits per heavy atom. The number of imidazole rings is 1. The van der Waals surface area contributed by atoms with Gasteiger partial charge in [0.2, 0.25) is 5.78 Å². The largest absolute Gasteiger partial charge is 0.494 e. The van der Waals surface area contributed by atoms with Gasteiger partial charge in [-0.2, -0.15) is 0 Å². The minimum absolute atomic E-state index is 0.221. The van der Waals surface area contributed by atoms with Crippen LogP contribution in [0.1, 0.15) is 17.3 Å². The number of benzene rings is 2. The molecule has 0 spiro atoms. The summed E-state index contributed by atoms with van der Waals surface area (Å²) in [6, 6.07) is 18.6. The molecule has 0 unspecified atom stereocenters. The molecule has 2 heterocycles. The highest BCUT2D eigenvalue weighted by Crippen LogP contribution is 2.28. The van der Waals surface area contributed by atoms with Crippen molar-refractivity contribution in [3.05, 3.63) is 78.6 Å². The Hall–Kier alpha value is -3.67. The average molecular weight is 358 g/mol. The van der Waals surface area contributed by atoms with Gasteiger partial charge in [0.1, 0.15) is 17.3 Å². The minimum Gasteiger partial charge on any atom is -0.494 e. The van der Waals surface area contributed by atoms with Gasteiger partial charge in [0.15, 0.2) is 0 Å². The van der Waals surface area contributed by atoms with Crippen molar-refractivity contribution < 1.29 is 9.53 Å². The molecule has 0 radical (unpaired) electrons. The molecule has 0 bridgehead atoms. The SMILES string of the molecule is CCOc1ccc(C(=O)Nc2c(-c3ccccc3)nc3ncccn23)cc1. The van der Waals surface area contributed by atoms with Crippen LogP contribution in [0, 0.1) is 0 Å². The first kappa shape index (κ1) is 16.8. The quantitative estimate of drug-likeness (QED) is 0.584. The number of nitrogens with zero attached hydrogens (tertiary/aromatic N) is 3. The minimum atomic E-state index is -0.221. The van der Waals surface area contributed by atoms with Crippen LogP contribution in [-0.2, 0) is 0 Å². The van der Waals surface area contributed by atoms with Gasteiger partial charge in [-0.1, -0.05) is 30.3 Å². The molecule has 2 aromatic carbocycles. The molecule has 1 N–H and O–H groups in total. The number of ether oxygens (including phenoxy) is 1. The summed E-state index contributed by atoms with van der Waals surface area (Å²) in [7, 11) is 0. The zero-order valence-electron chi connectivity index (χ0n) is 14.8. The van der Waals surface area contributed by atoms with Gasteiger partial charge in [-0.3, -0.25) is 9.20 Å². The summed E-state index contributed by atoms with van der Waals surface area (Å²) in [4.78, 5) is 21.7. The Morgan fingerprint density at radius 2 is 1.85 bits per heavy atom. The van der Waals surface area contributed by atoms with Gasteiger partial charge in [-0.25, -0.2) is 9.97 Å². The summed E-state index contributed by atoms with van der Waals surface area (Å²) >= 11 is 0. The fourth-order valence-corrected chi connectivity index (χ4v) is 2.85. The number of carbonyl (C=O) groups is 1. The molecule has 2 aromatic heterocycles. The highest BCUT2D eigenvalue weighted by atomic mass is 16.5. The van der Waals surface area contributed by atoms with E-state index in [2.05, 4.69) is 15.3 Å². The molecule has 134 valence electrons. The normalized spacial score (nSPS) is 10.7. The Balaban J connectivity index is 1.71. The van der Waals surface area contributed by atoms with E-state index in [1.807, 2.05) is 43.5 Å². The smallest absolute Gasteiger partial charge is 0.256 e. The third-order valence-corrected chi connectivity index (χ3v) is 4.11. The number of carbonyl (C=O) groups excluding carboxylic acids is 1. The highest BCUT2D eigenvalue weighted by molar-refractivity contribution is 6.05. The van der Waals surface area contributed by atoms with Crippen LogP contribution in [0.4, 0.5) is 5.82 Å². The molecular weight excluding hydrogens is 340 g/mol. The van der Waals surface area contributed by atoms with E-state index in [0.717, 1.165) is 11.3 Å². The number of rotatable bonds is 5. The highest BCUT2D eigenvalue weighted by Gasteiger charge is 2.17. The van der Waals surface area contributed by atoms with E-state index in [0.29, 0.717) is 29.5 Å². The van der Waals surface area contributed by atoms with E-state index in [-0.39, 0.29) is 5.91 Å². The maximum absolute atomic E-state index is 12.8. The Bertz CT molecular complexity index is 1070. The molecule has 4 rings (SSSR count). The monoisotopic (exact) mass is 358 g/mol. The molecule has 6 heteroatoms. The molecule has 0 fully saturated rings. The van der Waals surface area contributed by atoms with E-state index in [1.165, 1.54) is 0 Å². The van der Waals surface area contributed by atoms with Crippen molar-refractivity contribution in [2.24, 2.45) is 0 Å². The van der Waals surface area contributed by atoms with Crippen LogP contribution in [0.15, 0.2) is 73.1 Å². The third kappa shape index (κ3) is 3.37. The molecule has 0 atom stereocenters. The molecular formula is C21H18N4O2. The first-order chi connectivity index (χ1) is 13.3. The van der Waals surface area contributed by atoms with Gasteiger partial charge in [0.25, 0.3) is 5.91 Å². The van der Waals surface area contributed by atoms with E-state index < -0.39 is 0 Å². The van der Waals surface area contributed by atoms with Crippen molar-refractivity contribution in [3.63, 3.8) is 0 Å². The second-order valence-corrected chi connectivity index (χ2v) is 5.88. The number of aromatic nitrogens is 3. The molecule has 0 aliphatic rings. The van der Waals surface area contributed by atoms with Crippen molar-refractivity contribution in [3.8, 4) is 17.0 Å². The zero-order chi connectivity index (χ0) is 18.6. The van der Waals surface area contributed by atoms with Crippen molar-refractivity contribution in [2.75, 3.05) is 11.9 Å². The number of hydrogen-bond acceptors (Lipinski definition) is 4. The second kappa shape index (κ2) is 7.29. The van der Waals surface area contributed by atoms with Crippen LogP contribution < -0.4 is 10.1 Å². The van der Waals surface area contributed by atoms with Crippen LogP contribution in [0.2, 0.25) is 0 Å². The summed E-state index contributed by atoms with van der Waals surface area (Å²) in [6.45, 7) is 2.51. The van der Waals surface area contributed by atoms with Gasteiger partial charge in [-0.05, 0) is 37.3 Å². The van der Waals surface area contributed by atoms with Crippen LogP contribution in [0.5, 0.6) is 5.75 Å². The Kier molecular flexibility index (Phi) is 4.53. The second-order valence-electron chi connectivity index (χ2n) is 5.88. The van der Waals surface area contributed by atoms with Crippen LogP contribution in [-0.4, -0.2) is 26.9 Å². The maximum Gasteiger partial charge on any atom is 0.256 e. The van der Waals surface area contributed by atoms with Gasteiger partial charge in [-0.15, -0.1) is 0 Å². The average Bonchev–Trinajstić information content (AvgIpc) is 3.08. The van der Waals surface area contributed by atoms with Crippen molar-refractivity contribution in [1.82, 2.24) is 14.4 Å². The zero-order valence-corrected chi connectivity index (χ0v) is 14.8. The van der Waals surface area contributed by atoms with Crippen molar-refractivity contribution >= 4 is 17.5 Å². The van der Waals surface area contributed by atoms with E-state index in [1.54, 1.807) is 40.9 Å². The summed E-state index contributed by atoms with van der Waals surface area (Å²) in [5.74, 6) is 1.63. The lowest BCUT2D eigenvalue weighted by molar-refractivity contribution is 0.102. The number of amides is 1.